The molecule has 0 heterocycles. The van der Waals surface area contributed by atoms with Gasteiger partial charge >= 0.3 is 8.56 Å². The summed E-state index contributed by atoms with van der Waals surface area (Å²) in [6, 6.07) is 6.31. The van der Waals surface area contributed by atoms with E-state index in [1.807, 2.05) is 6.07 Å². The number of methoxy groups -OCH3 is 1. The van der Waals surface area contributed by atoms with E-state index < -0.39 is 25.2 Å². The van der Waals surface area contributed by atoms with Gasteiger partial charge in [0, 0.05) is 0 Å². The fourth-order valence-corrected chi connectivity index (χ4v) is 14.2. The molecule has 0 saturated heterocycles. The number of hydrogen-bond acceptors (Lipinski definition) is 3. The van der Waals surface area contributed by atoms with Crippen molar-refractivity contribution in [2.45, 2.75) is 52.8 Å². The third-order valence-corrected chi connectivity index (χ3v) is 12.3. The van der Waals surface area contributed by atoms with E-state index >= 15 is 0 Å². The van der Waals surface area contributed by atoms with Gasteiger partial charge in [-0.1, -0.05) is 12.1 Å². The van der Waals surface area contributed by atoms with E-state index in [2.05, 4.69) is 64.9 Å². The van der Waals surface area contributed by atoms with Gasteiger partial charge in [-0.05, 0) is 69.6 Å². The van der Waals surface area contributed by atoms with Crippen molar-refractivity contribution in [1.29, 1.82) is 0 Å². The highest BCUT2D eigenvalue weighted by Gasteiger charge is 2.42. The third kappa shape index (κ3) is 5.71. The minimum Gasteiger partial charge on any atom is -0.496 e. The Morgan fingerprint density at radius 3 is 1.62 bits per heavy atom. The maximum Gasteiger partial charge on any atom is 0.348 e. The van der Waals surface area contributed by atoms with E-state index in [0.29, 0.717) is 0 Å². The molecule has 1 aromatic rings. The summed E-state index contributed by atoms with van der Waals surface area (Å²) in [4.78, 5) is 0. The van der Waals surface area contributed by atoms with Crippen molar-refractivity contribution in [2.24, 2.45) is 0 Å². The van der Waals surface area contributed by atoms with E-state index in [4.69, 9.17) is 13.0 Å². The van der Waals surface area contributed by atoms with Gasteiger partial charge in [-0.25, -0.2) is 0 Å². The minimum atomic E-state index is -2.40. The molecular weight excluding hydrogens is 312 g/mol. The lowest BCUT2D eigenvalue weighted by atomic mass is 10.2. The summed E-state index contributed by atoms with van der Waals surface area (Å²) >= 11 is 0. The fourth-order valence-electron chi connectivity index (χ4n) is 2.47. The van der Waals surface area contributed by atoms with Crippen LogP contribution in [0.4, 0.5) is 0 Å². The van der Waals surface area contributed by atoms with Crippen molar-refractivity contribution in [3.8, 4) is 5.75 Å². The number of aryl methyl sites for hydroxylation is 1. The van der Waals surface area contributed by atoms with Gasteiger partial charge in [-0.15, -0.1) is 0 Å². The van der Waals surface area contributed by atoms with Gasteiger partial charge in [0.15, 0.2) is 16.6 Å². The maximum atomic E-state index is 6.57. The number of hydrogen-bond donors (Lipinski definition) is 0. The van der Waals surface area contributed by atoms with Crippen LogP contribution in [0.2, 0.25) is 45.8 Å². The zero-order valence-electron chi connectivity index (χ0n) is 15.0. The molecule has 0 unspecified atom stereocenters. The van der Waals surface area contributed by atoms with Crippen LogP contribution in [-0.2, 0) is 8.23 Å². The molecule has 21 heavy (non-hydrogen) atoms. The second kappa shape index (κ2) is 6.37. The average molecular weight is 343 g/mol. The van der Waals surface area contributed by atoms with Crippen molar-refractivity contribution in [2.75, 3.05) is 7.11 Å². The number of benzene rings is 1. The van der Waals surface area contributed by atoms with Gasteiger partial charge in [-0.3, -0.25) is 0 Å². The van der Waals surface area contributed by atoms with Crippen LogP contribution in [-0.4, -0.2) is 32.3 Å². The van der Waals surface area contributed by atoms with Crippen molar-refractivity contribution in [3.63, 3.8) is 0 Å². The lowest BCUT2D eigenvalue weighted by Gasteiger charge is -2.38. The number of rotatable bonds is 6. The monoisotopic (exact) mass is 342 g/mol. The smallest absolute Gasteiger partial charge is 0.348 e. The van der Waals surface area contributed by atoms with Crippen molar-refractivity contribution < 1.29 is 13.0 Å². The topological polar surface area (TPSA) is 27.7 Å². The SMILES string of the molecule is COc1ccc([Si](C)(O[Si](C)(C)C)O[Si](C)(C)C)cc1C. The van der Waals surface area contributed by atoms with Crippen molar-refractivity contribution >= 4 is 30.4 Å². The summed E-state index contributed by atoms with van der Waals surface area (Å²) in [7, 11) is -4.06. The molecule has 0 spiro atoms. The van der Waals surface area contributed by atoms with E-state index in [-0.39, 0.29) is 0 Å². The highest BCUT2D eigenvalue weighted by molar-refractivity contribution is 6.94. The van der Waals surface area contributed by atoms with Gasteiger partial charge in [0.1, 0.15) is 5.75 Å². The molecule has 0 amide bonds. The molecule has 0 fully saturated rings. The minimum absolute atomic E-state index is 0.913. The number of ether oxygens (including phenoxy) is 1. The zero-order valence-corrected chi connectivity index (χ0v) is 18.0. The lowest BCUT2D eigenvalue weighted by Crippen LogP contribution is -2.60. The van der Waals surface area contributed by atoms with Crippen molar-refractivity contribution in [3.05, 3.63) is 23.8 Å². The highest BCUT2D eigenvalue weighted by Crippen LogP contribution is 2.23. The predicted molar refractivity (Wildman–Crippen MR) is 97.8 cm³/mol. The van der Waals surface area contributed by atoms with Crippen LogP contribution in [0.1, 0.15) is 5.56 Å². The Kier molecular flexibility index (Phi) is 5.66. The Morgan fingerprint density at radius 1 is 0.810 bits per heavy atom. The molecule has 120 valence electrons. The van der Waals surface area contributed by atoms with Crippen LogP contribution in [0.5, 0.6) is 5.75 Å². The highest BCUT2D eigenvalue weighted by atomic mass is 28.5. The first-order valence-corrected chi connectivity index (χ1v) is 16.5. The van der Waals surface area contributed by atoms with E-state index in [0.717, 1.165) is 11.3 Å². The summed E-state index contributed by atoms with van der Waals surface area (Å²) in [6.45, 7) is 17.6. The molecular formula is C15H30O3Si3. The van der Waals surface area contributed by atoms with Gasteiger partial charge in [0.05, 0.1) is 7.11 Å². The van der Waals surface area contributed by atoms with Gasteiger partial charge in [0.25, 0.3) is 0 Å². The Bertz CT molecular complexity index is 474. The summed E-state index contributed by atoms with van der Waals surface area (Å²) in [6.07, 6.45) is 0. The zero-order chi connectivity index (χ0) is 16.5. The summed E-state index contributed by atoms with van der Waals surface area (Å²) in [5.41, 5.74) is 1.13. The third-order valence-electron chi connectivity index (χ3n) is 2.92. The quantitative estimate of drug-likeness (QED) is 0.732. The van der Waals surface area contributed by atoms with Gasteiger partial charge in [-0.2, -0.15) is 0 Å². The van der Waals surface area contributed by atoms with Crippen LogP contribution in [0.15, 0.2) is 18.2 Å². The normalized spacial score (nSPS) is 13.4. The van der Waals surface area contributed by atoms with Crippen LogP contribution >= 0.6 is 0 Å². The first-order valence-electron chi connectivity index (χ1n) is 7.42. The molecule has 0 bridgehead atoms. The molecule has 1 rings (SSSR count). The predicted octanol–water partition coefficient (Wildman–Crippen LogP) is 3.99. The lowest BCUT2D eigenvalue weighted by molar-refractivity contribution is 0.403. The molecule has 0 saturated carbocycles. The molecule has 0 N–H and O–H groups in total. The summed E-state index contributed by atoms with van der Waals surface area (Å²) < 4.78 is 18.5. The standard InChI is InChI=1S/C15H30O3Si3/c1-13-12-14(10-11-15(13)16-2)21(9,17-19(3,4)5)18-20(6,7)8/h10-12H,1-9H3. The van der Waals surface area contributed by atoms with E-state index in [1.165, 1.54) is 5.19 Å². The van der Waals surface area contributed by atoms with Crippen LogP contribution in [0.25, 0.3) is 0 Å². The van der Waals surface area contributed by atoms with Gasteiger partial charge < -0.3 is 13.0 Å². The Morgan fingerprint density at radius 2 is 1.29 bits per heavy atom. The summed E-state index contributed by atoms with van der Waals surface area (Å²) in [5, 5.41) is 1.20. The molecule has 6 heteroatoms. The van der Waals surface area contributed by atoms with E-state index in [9.17, 15) is 0 Å². The van der Waals surface area contributed by atoms with E-state index in [1.54, 1.807) is 7.11 Å². The van der Waals surface area contributed by atoms with Crippen LogP contribution < -0.4 is 9.92 Å². The second-order valence-corrected chi connectivity index (χ2v) is 20.1. The molecule has 1 aromatic carbocycles. The molecule has 0 aliphatic heterocycles. The largest absolute Gasteiger partial charge is 0.496 e. The second-order valence-electron chi connectivity index (χ2n) is 7.56. The van der Waals surface area contributed by atoms with Crippen LogP contribution in [0.3, 0.4) is 0 Å². The molecule has 0 atom stereocenters. The Labute approximate surface area is 133 Å². The molecule has 3 nitrogen and oxygen atoms in total. The molecule has 0 aliphatic carbocycles. The fraction of sp³-hybridized carbons (Fsp3) is 0.600. The Hall–Kier alpha value is -0.409. The average Bonchev–Trinajstić information content (AvgIpc) is 2.23. The maximum absolute atomic E-state index is 6.57. The van der Waals surface area contributed by atoms with Crippen molar-refractivity contribution in [1.82, 2.24) is 0 Å². The molecule has 0 aliphatic rings. The molecule has 0 radical (unpaired) electrons. The first-order chi connectivity index (χ1) is 9.36. The summed E-state index contributed by atoms with van der Waals surface area (Å²) in [5.74, 6) is 0.913. The molecule has 0 aromatic heterocycles. The first kappa shape index (κ1) is 18.6. The Balaban J connectivity index is 3.26. The van der Waals surface area contributed by atoms with Crippen LogP contribution in [0, 0.1) is 6.92 Å². The van der Waals surface area contributed by atoms with Gasteiger partial charge in [0.2, 0.25) is 0 Å².